The van der Waals surface area contributed by atoms with Crippen molar-refractivity contribution in [2.45, 2.75) is 179 Å². The van der Waals surface area contributed by atoms with E-state index in [1.54, 1.807) is 4.70 Å². The number of benzene rings is 2. The number of hydrogen-bond acceptors (Lipinski definition) is 0. The van der Waals surface area contributed by atoms with Gasteiger partial charge in [-0.05, 0) is 111 Å². The van der Waals surface area contributed by atoms with Crippen LogP contribution in [0, 0.1) is 0 Å². The minimum Gasteiger partial charge on any atom is -0.493 e. The monoisotopic (exact) mass is 784 g/mol. The van der Waals surface area contributed by atoms with Crippen LogP contribution >= 0.6 is 0 Å². The van der Waals surface area contributed by atoms with Crippen LogP contribution in [0.1, 0.15) is 177 Å². The molecule has 0 radical (unpaired) electrons. The van der Waals surface area contributed by atoms with Crippen LogP contribution in [0.15, 0.2) is 73.4 Å². The molecular formula is C48H74N2Pd. The first-order valence-electron chi connectivity index (χ1n) is 20.8. The summed E-state index contributed by atoms with van der Waals surface area (Å²) in [5.41, 5.74) is 23.4. The Morgan fingerprint density at radius 3 is 1.37 bits per heavy atom. The van der Waals surface area contributed by atoms with Crippen LogP contribution in [0.5, 0.6) is 0 Å². The van der Waals surface area contributed by atoms with E-state index in [1.807, 2.05) is 12.2 Å². The number of rotatable bonds is 27. The molecule has 0 N–H and O–H groups in total. The van der Waals surface area contributed by atoms with Gasteiger partial charge in [-0.25, -0.2) is 4.70 Å². The summed E-state index contributed by atoms with van der Waals surface area (Å²) in [6.45, 7) is 18.6. The minimum atomic E-state index is 0.832. The van der Waals surface area contributed by atoms with Gasteiger partial charge in [-0.2, -0.15) is 0 Å². The molecule has 0 saturated carbocycles. The summed E-state index contributed by atoms with van der Waals surface area (Å²) in [7, 11) is 0. The third-order valence-electron chi connectivity index (χ3n) is 9.67. The molecule has 2 aromatic carbocycles. The molecule has 0 amide bonds. The van der Waals surface area contributed by atoms with Crippen molar-refractivity contribution in [2.24, 2.45) is 0 Å². The van der Waals surface area contributed by atoms with Gasteiger partial charge in [0.05, 0.1) is 0 Å². The Morgan fingerprint density at radius 2 is 0.902 bits per heavy atom. The average Bonchev–Trinajstić information content (AvgIpc) is 3.47. The summed E-state index contributed by atoms with van der Waals surface area (Å²) in [5, 5.41) is 0. The van der Waals surface area contributed by atoms with Gasteiger partial charge >= 0.3 is 53.1 Å². The Labute approximate surface area is 324 Å². The van der Waals surface area contributed by atoms with Crippen LogP contribution < -0.4 is 0 Å². The third-order valence-corrected chi connectivity index (χ3v) is 11.5. The van der Waals surface area contributed by atoms with Gasteiger partial charge in [0.25, 0.3) is 0 Å². The van der Waals surface area contributed by atoms with Gasteiger partial charge in [-0.1, -0.05) is 117 Å². The van der Waals surface area contributed by atoms with E-state index in [9.17, 15) is 5.53 Å². The zero-order valence-electron chi connectivity index (χ0n) is 33.6. The van der Waals surface area contributed by atoms with E-state index in [4.69, 9.17) is 0 Å². The van der Waals surface area contributed by atoms with E-state index in [0.29, 0.717) is 0 Å². The number of allylic oxidation sites excluding steroid dienone is 4. The fourth-order valence-electron chi connectivity index (χ4n) is 6.84. The molecule has 0 aliphatic carbocycles. The first-order chi connectivity index (χ1) is 25.0. The molecule has 286 valence electrons. The second kappa shape index (κ2) is 28.2. The van der Waals surface area contributed by atoms with Crippen LogP contribution in [-0.2, 0) is 43.7 Å². The molecule has 0 bridgehead atoms. The van der Waals surface area contributed by atoms with Crippen LogP contribution in [0.3, 0.4) is 0 Å². The molecule has 0 unspecified atom stereocenters. The average molecular weight is 786 g/mol. The quantitative estimate of drug-likeness (QED) is 0.0373. The van der Waals surface area contributed by atoms with Crippen molar-refractivity contribution >= 4 is 11.4 Å². The van der Waals surface area contributed by atoms with Gasteiger partial charge in [0.15, 0.2) is 0 Å². The van der Waals surface area contributed by atoms with Crippen molar-refractivity contribution in [3.05, 3.63) is 112 Å². The fraction of sp³-hybridized carbons (Fsp3) is 0.583. The Morgan fingerprint density at radius 1 is 0.510 bits per heavy atom. The second-order valence-electron chi connectivity index (χ2n) is 14.4. The van der Waals surface area contributed by atoms with Crippen molar-refractivity contribution in [3.8, 4) is 0 Å². The summed E-state index contributed by atoms with van der Waals surface area (Å²) < 4.78 is 1.57. The van der Waals surface area contributed by atoms with E-state index in [2.05, 4.69) is 90.3 Å². The van der Waals surface area contributed by atoms with Gasteiger partial charge < -0.3 is 5.53 Å². The van der Waals surface area contributed by atoms with E-state index >= 15 is 0 Å². The molecule has 0 spiro atoms. The normalized spacial score (nSPS) is 12.6. The molecule has 1 aliphatic rings. The maximum atomic E-state index is 12.0. The molecule has 2 aromatic rings. The van der Waals surface area contributed by atoms with Gasteiger partial charge in [0, 0.05) is 22.8 Å². The van der Waals surface area contributed by atoms with Crippen molar-refractivity contribution in [2.75, 3.05) is 0 Å². The van der Waals surface area contributed by atoms with E-state index in [1.165, 1.54) is 151 Å². The first-order valence-corrected chi connectivity index (χ1v) is 23.0. The zero-order valence-corrected chi connectivity index (χ0v) is 35.1. The Hall–Kier alpha value is -2.34. The predicted molar refractivity (Wildman–Crippen MR) is 223 cm³/mol. The van der Waals surface area contributed by atoms with E-state index in [-0.39, 0.29) is 0 Å². The second-order valence-corrected chi connectivity index (χ2v) is 16.5. The molecular weight excluding hydrogens is 711 g/mol. The fourth-order valence-corrected chi connectivity index (χ4v) is 7.73. The molecule has 51 heavy (non-hydrogen) atoms. The predicted octanol–water partition coefficient (Wildman–Crippen LogP) is 15.7. The van der Waals surface area contributed by atoms with Gasteiger partial charge in [0.1, 0.15) is 0 Å². The summed E-state index contributed by atoms with van der Waals surface area (Å²) >= 11 is 0.832. The Bertz CT molecular complexity index is 1300. The van der Waals surface area contributed by atoms with E-state index in [0.717, 1.165) is 61.5 Å². The third kappa shape index (κ3) is 17.4. The number of aryl methyl sites for hydroxylation is 4. The summed E-state index contributed by atoms with van der Waals surface area (Å²) in [6, 6.07) is 14.3. The summed E-state index contributed by atoms with van der Waals surface area (Å²) in [4.78, 5) is 2.33. The van der Waals surface area contributed by atoms with Crippen LogP contribution in [0.2, 0.25) is 9.79 Å². The van der Waals surface area contributed by atoms with Crippen LogP contribution in [0.25, 0.3) is 16.9 Å². The first kappa shape index (κ1) is 44.8. The molecule has 1 aliphatic heterocycles. The molecule has 1 heterocycles. The van der Waals surface area contributed by atoms with Gasteiger partial charge in [-0.3, -0.25) is 0 Å². The van der Waals surface area contributed by atoms with Crippen molar-refractivity contribution in [1.82, 2.24) is 0 Å². The number of nitrogens with zero attached hydrogens (tertiary/aromatic N) is 2. The summed E-state index contributed by atoms with van der Waals surface area (Å²) in [6.07, 6.45) is 31.7. The molecule has 0 fully saturated rings. The van der Waals surface area contributed by atoms with Crippen LogP contribution in [0.4, 0.5) is 0 Å². The van der Waals surface area contributed by atoms with E-state index < -0.39 is 0 Å². The molecule has 0 saturated heterocycles. The minimum absolute atomic E-state index is 0.832. The Balaban J connectivity index is 0.00000116. The topological polar surface area (TPSA) is 25.3 Å². The SMILES string of the molecule is C=C[CH2][Pd][CH2]C=C.CCCCCCCCC1=C(c2cc(CCCC)cc(CCCC)c2)[N+](=[N-])C(c2cc(CCCCC)cc(CCCCC)c2)=C1. The maximum absolute atomic E-state index is 12.0. The van der Waals surface area contributed by atoms with Crippen LogP contribution in [-0.4, -0.2) is 4.70 Å². The maximum Gasteiger partial charge on any atom is 0.210 e. The Kier molecular flexibility index (Phi) is 24.8. The molecule has 3 rings (SSSR count). The smallest absolute Gasteiger partial charge is 0.210 e. The standard InChI is InChI=1S/C42H64N2.2C3H5.Pd/c1-6-11-16-17-18-21-26-38-33-41(39-29-36(24-19-12-7-2)28-37(30-39)25-20-13-8-3)44(43)42(38)40-31-34(22-14-9-4)27-35(32-40)23-15-10-5;2*1-3-2;/h27-33H,6-26H2,1-5H3;2*3H,1-2H2;. The van der Waals surface area contributed by atoms with Gasteiger partial charge in [-0.15, -0.1) is 0 Å². The van der Waals surface area contributed by atoms with Crippen molar-refractivity contribution in [1.29, 1.82) is 0 Å². The zero-order chi connectivity index (χ0) is 37.1. The van der Waals surface area contributed by atoms with Gasteiger partial charge in [0.2, 0.25) is 11.4 Å². The largest absolute Gasteiger partial charge is 0.493 e. The molecule has 0 atom stereocenters. The molecule has 0 aromatic heterocycles. The summed E-state index contributed by atoms with van der Waals surface area (Å²) in [5.74, 6) is 0. The number of unbranched alkanes of at least 4 members (excludes halogenated alkanes) is 11. The molecule has 3 heteroatoms. The van der Waals surface area contributed by atoms with Crippen molar-refractivity contribution < 1.29 is 22.7 Å². The molecule has 2 nitrogen and oxygen atoms in total. The van der Waals surface area contributed by atoms with Crippen molar-refractivity contribution in [3.63, 3.8) is 0 Å². The number of hydrogen-bond donors (Lipinski definition) is 0.